The van der Waals surface area contributed by atoms with Crippen LogP contribution in [0, 0.1) is 11.8 Å². The second-order valence-electron chi connectivity index (χ2n) is 6.85. The van der Waals surface area contributed by atoms with Gasteiger partial charge in [0.2, 0.25) is 0 Å². The zero-order valence-electron chi connectivity index (χ0n) is 16.3. The minimum absolute atomic E-state index is 0.0512. The highest BCUT2D eigenvalue weighted by Gasteiger charge is 2.45. The van der Waals surface area contributed by atoms with Crippen molar-refractivity contribution in [3.8, 4) is 0 Å². The van der Waals surface area contributed by atoms with E-state index >= 15 is 0 Å². The summed E-state index contributed by atoms with van der Waals surface area (Å²) < 4.78 is 11.3. The first-order valence-electron chi connectivity index (χ1n) is 9.33. The van der Waals surface area contributed by atoms with Gasteiger partial charge in [-0.3, -0.25) is 15.0 Å². The molecule has 0 bridgehead atoms. The van der Waals surface area contributed by atoms with Crippen molar-refractivity contribution in [2.24, 2.45) is 26.8 Å². The molecule has 0 aliphatic carbocycles. The van der Waals surface area contributed by atoms with Crippen molar-refractivity contribution in [2.45, 2.75) is 56.4 Å². The Kier molecular flexibility index (Phi) is 8.81. The summed E-state index contributed by atoms with van der Waals surface area (Å²) in [4.78, 5) is 13.4. The number of hydrogen-bond donors (Lipinski definition) is 1. The van der Waals surface area contributed by atoms with Crippen LogP contribution in [0.1, 0.15) is 33.6 Å². The summed E-state index contributed by atoms with van der Waals surface area (Å²) in [7, 11) is 1.76. The van der Waals surface area contributed by atoms with Crippen LogP contribution < -0.4 is 5.32 Å². The lowest BCUT2D eigenvalue weighted by atomic mass is 9.89. The molecular formula is C19H32N4O2S. The van der Waals surface area contributed by atoms with Gasteiger partial charge in [0.25, 0.3) is 0 Å². The molecule has 0 radical (unpaired) electrons. The zero-order valence-corrected chi connectivity index (χ0v) is 17.1. The number of hydrogen-bond acceptors (Lipinski definition) is 6. The van der Waals surface area contributed by atoms with Crippen LogP contribution in [-0.4, -0.2) is 62.0 Å². The second-order valence-corrected chi connectivity index (χ2v) is 8.21. The molecule has 0 aromatic rings. The Bertz CT molecular complexity index is 538. The third kappa shape index (κ3) is 5.66. The normalized spacial score (nSPS) is 31.8. The molecule has 6 atom stereocenters. The summed E-state index contributed by atoms with van der Waals surface area (Å²) in [6, 6.07) is 0.0512. The molecule has 146 valence electrons. The topological polar surface area (TPSA) is 67.6 Å². The van der Waals surface area contributed by atoms with Crippen molar-refractivity contribution in [1.82, 2.24) is 5.32 Å². The fourth-order valence-corrected chi connectivity index (χ4v) is 4.85. The number of ether oxygens (including phenoxy) is 2. The van der Waals surface area contributed by atoms with Gasteiger partial charge in [0.05, 0.1) is 37.6 Å². The molecule has 0 aromatic heterocycles. The van der Waals surface area contributed by atoms with Crippen molar-refractivity contribution in [1.29, 1.82) is 0 Å². The monoisotopic (exact) mass is 380 g/mol. The summed E-state index contributed by atoms with van der Waals surface area (Å²) in [6.45, 7) is 11.3. The fraction of sp³-hybridized carbons (Fsp3) is 0.737. The molecule has 0 aromatic carbocycles. The maximum absolute atomic E-state index is 5.95. The number of aliphatic imine (C=N–C) groups is 3. The highest BCUT2D eigenvalue weighted by atomic mass is 32.2. The Morgan fingerprint density at radius 1 is 1.50 bits per heavy atom. The molecule has 1 fully saturated rings. The van der Waals surface area contributed by atoms with Gasteiger partial charge in [-0.2, -0.15) is 0 Å². The maximum atomic E-state index is 5.95. The fourth-order valence-electron chi connectivity index (χ4n) is 3.18. The molecule has 2 aliphatic heterocycles. The predicted octanol–water partition coefficient (Wildman–Crippen LogP) is 3.14. The van der Waals surface area contributed by atoms with Crippen LogP contribution >= 0.6 is 11.8 Å². The predicted molar refractivity (Wildman–Crippen MR) is 112 cm³/mol. The molecule has 1 N–H and O–H groups in total. The number of nitrogens with one attached hydrogen (secondary N) is 1. The van der Waals surface area contributed by atoms with Gasteiger partial charge in [-0.25, -0.2) is 0 Å². The SMILES string of the molecule is C=NC=CCC(COC(C)CC)N=C1NC=NC2SC(COC)C(C)C12. The molecule has 7 heteroatoms. The second kappa shape index (κ2) is 10.8. The Morgan fingerprint density at radius 2 is 2.31 bits per heavy atom. The zero-order chi connectivity index (χ0) is 18.9. The van der Waals surface area contributed by atoms with Gasteiger partial charge in [-0.05, 0) is 32.4 Å². The minimum atomic E-state index is 0.0512. The molecule has 0 spiro atoms. The van der Waals surface area contributed by atoms with Gasteiger partial charge in [-0.15, -0.1) is 11.8 Å². The molecule has 0 saturated carbocycles. The lowest BCUT2D eigenvalue weighted by molar-refractivity contribution is 0.0547. The highest BCUT2D eigenvalue weighted by molar-refractivity contribution is 8.00. The Balaban J connectivity index is 2.13. The van der Waals surface area contributed by atoms with Crippen LogP contribution in [0.2, 0.25) is 0 Å². The van der Waals surface area contributed by atoms with Gasteiger partial charge in [0.1, 0.15) is 11.2 Å². The number of methoxy groups -OCH3 is 1. The van der Waals surface area contributed by atoms with Crippen LogP contribution in [0.5, 0.6) is 0 Å². The number of rotatable bonds is 10. The lowest BCUT2D eigenvalue weighted by Crippen LogP contribution is -2.42. The van der Waals surface area contributed by atoms with Gasteiger partial charge in [-0.1, -0.05) is 19.9 Å². The third-order valence-corrected chi connectivity index (χ3v) is 6.55. The average Bonchev–Trinajstić information content (AvgIpc) is 2.96. The average molecular weight is 381 g/mol. The van der Waals surface area contributed by atoms with E-state index in [4.69, 9.17) is 14.5 Å². The summed E-state index contributed by atoms with van der Waals surface area (Å²) in [5, 5.41) is 3.95. The van der Waals surface area contributed by atoms with Crippen molar-refractivity contribution >= 4 is 30.7 Å². The summed E-state index contributed by atoms with van der Waals surface area (Å²) >= 11 is 1.89. The van der Waals surface area contributed by atoms with Crippen molar-refractivity contribution < 1.29 is 9.47 Å². The number of thioether (sulfide) groups is 1. The van der Waals surface area contributed by atoms with Gasteiger partial charge < -0.3 is 14.8 Å². The number of amidine groups is 1. The molecule has 2 heterocycles. The summed E-state index contributed by atoms with van der Waals surface area (Å²) in [5.41, 5.74) is 0. The maximum Gasteiger partial charge on any atom is 0.108 e. The van der Waals surface area contributed by atoms with E-state index in [0.717, 1.165) is 25.3 Å². The molecule has 26 heavy (non-hydrogen) atoms. The van der Waals surface area contributed by atoms with E-state index in [-0.39, 0.29) is 23.4 Å². The third-order valence-electron chi connectivity index (χ3n) is 4.94. The molecule has 0 amide bonds. The van der Waals surface area contributed by atoms with E-state index in [0.29, 0.717) is 17.8 Å². The smallest absolute Gasteiger partial charge is 0.108 e. The van der Waals surface area contributed by atoms with Crippen LogP contribution in [0.25, 0.3) is 0 Å². The Morgan fingerprint density at radius 3 is 3.00 bits per heavy atom. The van der Waals surface area contributed by atoms with Crippen molar-refractivity contribution in [2.75, 3.05) is 20.3 Å². The molecule has 6 nitrogen and oxygen atoms in total. The van der Waals surface area contributed by atoms with Gasteiger partial charge in [0, 0.05) is 18.6 Å². The summed E-state index contributed by atoms with van der Waals surface area (Å²) in [6.07, 6.45) is 7.50. The summed E-state index contributed by atoms with van der Waals surface area (Å²) in [5.74, 6) is 1.76. The van der Waals surface area contributed by atoms with Crippen molar-refractivity contribution in [3.63, 3.8) is 0 Å². The molecular weight excluding hydrogens is 348 g/mol. The largest absolute Gasteiger partial charge is 0.384 e. The van der Waals surface area contributed by atoms with E-state index in [1.165, 1.54) is 0 Å². The van der Waals surface area contributed by atoms with E-state index in [1.807, 2.05) is 17.8 Å². The quantitative estimate of drug-likeness (QED) is 0.591. The molecule has 6 unspecified atom stereocenters. The van der Waals surface area contributed by atoms with E-state index < -0.39 is 0 Å². The van der Waals surface area contributed by atoms with Gasteiger partial charge in [0.15, 0.2) is 0 Å². The Hall–Kier alpha value is -1.18. The Labute approximate surface area is 161 Å². The number of fused-ring (bicyclic) bond motifs is 1. The molecule has 1 saturated heterocycles. The van der Waals surface area contributed by atoms with Crippen LogP contribution in [0.3, 0.4) is 0 Å². The molecule has 2 rings (SSSR count). The number of nitrogens with zero attached hydrogens (tertiary/aromatic N) is 3. The van der Waals surface area contributed by atoms with Crippen LogP contribution in [-0.2, 0) is 9.47 Å². The first-order chi connectivity index (χ1) is 12.6. The highest BCUT2D eigenvalue weighted by Crippen LogP contribution is 2.45. The van der Waals surface area contributed by atoms with E-state index in [2.05, 4.69) is 42.8 Å². The first-order valence-corrected chi connectivity index (χ1v) is 10.3. The first kappa shape index (κ1) is 21.1. The van der Waals surface area contributed by atoms with E-state index in [9.17, 15) is 0 Å². The van der Waals surface area contributed by atoms with Crippen molar-refractivity contribution in [3.05, 3.63) is 12.3 Å². The molecule has 2 aliphatic rings. The van der Waals surface area contributed by atoms with Crippen LogP contribution in [0.15, 0.2) is 27.3 Å². The lowest BCUT2D eigenvalue weighted by Gasteiger charge is -2.27. The minimum Gasteiger partial charge on any atom is -0.384 e. The van der Waals surface area contributed by atoms with E-state index in [1.54, 1.807) is 19.6 Å². The van der Waals surface area contributed by atoms with Crippen LogP contribution in [0.4, 0.5) is 0 Å². The van der Waals surface area contributed by atoms with Gasteiger partial charge >= 0.3 is 0 Å². The standard InChI is InChI=1S/C19H32N4O2S/c1-6-13(2)25-10-15(8-7-9-20-4)23-18-17-14(3)16(11-24-5)26-19(17)22-12-21-18/h7,9,12-17,19H,4,6,8,10-11H2,1-3,5H3,(H,21,22,23).